The number of rotatable bonds is 2. The van der Waals surface area contributed by atoms with Crippen LogP contribution in [-0.2, 0) is 0 Å². The number of nitrogens with one attached hydrogen (secondary N) is 1. The Kier molecular flexibility index (Phi) is 3.31. The lowest BCUT2D eigenvalue weighted by Crippen LogP contribution is -2.12. The Morgan fingerprint density at radius 2 is 2.10 bits per heavy atom. The van der Waals surface area contributed by atoms with Crippen molar-refractivity contribution < 1.29 is 9.31 Å². The Balaban J connectivity index is 2.70. The summed E-state index contributed by atoms with van der Waals surface area (Å²) < 4.78 is 13.6. The lowest BCUT2D eigenvalue weighted by atomic mass is 10.0. The van der Waals surface area contributed by atoms with Crippen LogP contribution in [0.5, 0.6) is 0 Å². The van der Waals surface area contributed by atoms with Crippen molar-refractivity contribution in [3.8, 4) is 17.2 Å². The van der Waals surface area contributed by atoms with Gasteiger partial charge in [-0.3, -0.25) is 14.9 Å². The Labute approximate surface area is 112 Å². The molecule has 0 amide bonds. The molecule has 20 heavy (non-hydrogen) atoms. The number of hydrogen-bond acceptors (Lipinski definition) is 4. The molecule has 0 unspecified atom stereocenters. The van der Waals surface area contributed by atoms with Crippen LogP contribution in [0.15, 0.2) is 29.1 Å². The van der Waals surface area contributed by atoms with Gasteiger partial charge in [0.1, 0.15) is 11.6 Å². The topological polar surface area (TPSA) is 99.8 Å². The van der Waals surface area contributed by atoms with Gasteiger partial charge in [0, 0.05) is 17.3 Å². The molecule has 0 radical (unpaired) electrons. The largest absolute Gasteiger partial charge is 0.325 e. The molecule has 100 valence electrons. The van der Waals surface area contributed by atoms with Crippen LogP contribution in [-0.4, -0.2) is 9.91 Å². The van der Waals surface area contributed by atoms with Crippen molar-refractivity contribution in [2.24, 2.45) is 0 Å². The number of nitro benzene ring substituents is 1. The van der Waals surface area contributed by atoms with E-state index in [-0.39, 0.29) is 16.7 Å². The quantitative estimate of drug-likeness (QED) is 0.670. The van der Waals surface area contributed by atoms with Crippen LogP contribution in [0.2, 0.25) is 0 Å². The molecule has 0 saturated carbocycles. The molecule has 0 aliphatic rings. The molecule has 0 spiro atoms. The normalized spacial score (nSPS) is 10.1. The van der Waals surface area contributed by atoms with E-state index in [2.05, 4.69) is 4.98 Å². The molecule has 1 heterocycles. The van der Waals surface area contributed by atoms with Crippen molar-refractivity contribution in [2.45, 2.75) is 6.92 Å². The summed E-state index contributed by atoms with van der Waals surface area (Å²) in [5, 5.41) is 19.6. The van der Waals surface area contributed by atoms with Crippen molar-refractivity contribution in [1.82, 2.24) is 4.98 Å². The molecular formula is C13H8FN3O3. The second-order valence-corrected chi connectivity index (χ2v) is 4.11. The third kappa shape index (κ3) is 2.27. The summed E-state index contributed by atoms with van der Waals surface area (Å²) in [6, 6.07) is 6.50. The van der Waals surface area contributed by atoms with Crippen LogP contribution in [0.3, 0.4) is 0 Å². The predicted molar refractivity (Wildman–Crippen MR) is 68.6 cm³/mol. The molecule has 2 rings (SSSR count). The van der Waals surface area contributed by atoms with E-state index in [1.165, 1.54) is 12.1 Å². The summed E-state index contributed by atoms with van der Waals surface area (Å²) in [7, 11) is 0. The molecule has 0 saturated heterocycles. The summed E-state index contributed by atoms with van der Waals surface area (Å²) in [4.78, 5) is 23.8. The third-order valence-corrected chi connectivity index (χ3v) is 2.74. The lowest BCUT2D eigenvalue weighted by molar-refractivity contribution is -0.387. The highest BCUT2D eigenvalue weighted by molar-refractivity contribution is 5.71. The van der Waals surface area contributed by atoms with Gasteiger partial charge in [0.25, 0.3) is 5.56 Å². The van der Waals surface area contributed by atoms with Crippen LogP contribution in [0.1, 0.15) is 11.3 Å². The number of nitriles is 1. The van der Waals surface area contributed by atoms with Crippen molar-refractivity contribution in [3.05, 3.63) is 61.8 Å². The minimum Gasteiger partial charge on any atom is -0.325 e. The summed E-state index contributed by atoms with van der Waals surface area (Å²) >= 11 is 0. The van der Waals surface area contributed by atoms with E-state index in [1.54, 1.807) is 13.0 Å². The number of nitrogens with zero attached hydrogens (tertiary/aromatic N) is 2. The van der Waals surface area contributed by atoms with E-state index in [1.807, 2.05) is 0 Å². The maximum Gasteiger partial charge on any atom is 0.304 e. The number of hydrogen-bond donors (Lipinski definition) is 1. The molecule has 0 bridgehead atoms. The van der Waals surface area contributed by atoms with Crippen LogP contribution in [0.25, 0.3) is 11.1 Å². The van der Waals surface area contributed by atoms with E-state index in [9.17, 15) is 19.3 Å². The molecule has 6 nitrogen and oxygen atoms in total. The minimum atomic E-state index is -1.02. The van der Waals surface area contributed by atoms with Gasteiger partial charge >= 0.3 is 5.69 Å². The van der Waals surface area contributed by atoms with Crippen molar-refractivity contribution in [2.75, 3.05) is 0 Å². The van der Waals surface area contributed by atoms with Crippen LogP contribution < -0.4 is 5.56 Å². The van der Waals surface area contributed by atoms with Crippen LogP contribution in [0.4, 0.5) is 10.1 Å². The van der Waals surface area contributed by atoms with Gasteiger partial charge in [-0.05, 0) is 30.7 Å². The molecule has 2 aromatic rings. The average Bonchev–Trinajstić information content (AvgIpc) is 2.37. The summed E-state index contributed by atoms with van der Waals surface area (Å²) in [6.07, 6.45) is 0. The summed E-state index contributed by atoms with van der Waals surface area (Å²) in [6.45, 7) is 1.62. The number of H-pyrrole nitrogens is 1. The first-order valence-corrected chi connectivity index (χ1v) is 5.52. The van der Waals surface area contributed by atoms with Crippen molar-refractivity contribution in [1.29, 1.82) is 5.26 Å². The average molecular weight is 273 g/mol. The molecule has 0 aliphatic carbocycles. The van der Waals surface area contributed by atoms with Gasteiger partial charge in [-0.25, -0.2) is 0 Å². The molecule has 7 heteroatoms. The van der Waals surface area contributed by atoms with E-state index in [0.717, 1.165) is 12.1 Å². The maximum atomic E-state index is 13.6. The highest BCUT2D eigenvalue weighted by Crippen LogP contribution is 2.26. The number of pyridine rings is 1. The fourth-order valence-corrected chi connectivity index (χ4v) is 1.85. The van der Waals surface area contributed by atoms with Crippen LogP contribution >= 0.6 is 0 Å². The second kappa shape index (κ2) is 4.93. The number of halogens is 1. The number of aryl methyl sites for hydroxylation is 1. The van der Waals surface area contributed by atoms with Gasteiger partial charge < -0.3 is 4.98 Å². The van der Waals surface area contributed by atoms with Gasteiger partial charge in [0.15, 0.2) is 0 Å². The molecule has 0 fully saturated rings. The fraction of sp³-hybridized carbons (Fsp3) is 0.0769. The smallest absolute Gasteiger partial charge is 0.304 e. The highest BCUT2D eigenvalue weighted by Gasteiger charge is 2.17. The zero-order chi connectivity index (χ0) is 14.9. The first kappa shape index (κ1) is 13.4. The summed E-state index contributed by atoms with van der Waals surface area (Å²) in [5.74, 6) is -1.02. The van der Waals surface area contributed by atoms with E-state index in [0.29, 0.717) is 5.69 Å². The first-order chi connectivity index (χ1) is 9.43. The van der Waals surface area contributed by atoms with E-state index in [4.69, 9.17) is 5.26 Å². The predicted octanol–water partition coefficient (Wildman–Crippen LogP) is 2.27. The van der Waals surface area contributed by atoms with E-state index < -0.39 is 22.0 Å². The molecule has 1 aromatic carbocycles. The van der Waals surface area contributed by atoms with Crippen LogP contribution in [0, 0.1) is 34.2 Å². The number of aromatic nitrogens is 1. The Morgan fingerprint density at radius 1 is 1.40 bits per heavy atom. The van der Waals surface area contributed by atoms with Gasteiger partial charge in [-0.1, -0.05) is 0 Å². The molecule has 0 aliphatic heterocycles. The Bertz CT molecular complexity index is 805. The number of nitro groups is 1. The maximum absolute atomic E-state index is 13.6. The highest BCUT2D eigenvalue weighted by atomic mass is 19.1. The van der Waals surface area contributed by atoms with Crippen molar-refractivity contribution in [3.63, 3.8) is 0 Å². The number of benzene rings is 1. The number of aromatic amines is 1. The standard InChI is InChI=1S/C13H8FN3O3/c1-7-4-9(10(6-15)13(18)16-7)8-2-3-12(17(19)20)11(14)5-8/h2-5H,1H3,(H,16,18). The molecule has 1 aromatic heterocycles. The Hall–Kier alpha value is -3.01. The van der Waals surface area contributed by atoms with Crippen molar-refractivity contribution >= 4 is 5.69 Å². The SMILES string of the molecule is Cc1cc(-c2ccc([N+](=O)[O-])c(F)c2)c(C#N)c(=O)[nH]1. The second-order valence-electron chi connectivity index (χ2n) is 4.11. The van der Waals surface area contributed by atoms with Gasteiger partial charge in [0.05, 0.1) is 4.92 Å². The monoisotopic (exact) mass is 273 g/mol. The zero-order valence-corrected chi connectivity index (χ0v) is 10.3. The molecular weight excluding hydrogens is 265 g/mol. The summed E-state index contributed by atoms with van der Waals surface area (Å²) in [5.41, 5.74) is -0.428. The minimum absolute atomic E-state index is 0.163. The first-order valence-electron chi connectivity index (χ1n) is 5.52. The lowest BCUT2D eigenvalue weighted by Gasteiger charge is -2.05. The molecule has 1 N–H and O–H groups in total. The fourth-order valence-electron chi connectivity index (χ4n) is 1.85. The van der Waals surface area contributed by atoms with Gasteiger partial charge in [-0.2, -0.15) is 9.65 Å². The van der Waals surface area contributed by atoms with Gasteiger partial charge in [-0.15, -0.1) is 0 Å². The molecule has 0 atom stereocenters. The zero-order valence-electron chi connectivity index (χ0n) is 10.3. The Morgan fingerprint density at radius 3 is 2.65 bits per heavy atom. The van der Waals surface area contributed by atoms with Gasteiger partial charge in [0.2, 0.25) is 5.82 Å². The van der Waals surface area contributed by atoms with E-state index >= 15 is 0 Å². The third-order valence-electron chi connectivity index (χ3n) is 2.74.